The highest BCUT2D eigenvalue weighted by Gasteiger charge is 2.37. The first kappa shape index (κ1) is 19.5. The van der Waals surface area contributed by atoms with Gasteiger partial charge in [-0.3, -0.25) is 0 Å². The Labute approximate surface area is 156 Å². The third kappa shape index (κ3) is 3.86. The summed E-state index contributed by atoms with van der Waals surface area (Å²) in [6, 6.07) is 5.14. The average Bonchev–Trinajstić information content (AvgIpc) is 2.64. The summed E-state index contributed by atoms with van der Waals surface area (Å²) in [6.07, 6.45) is 1.46. The van der Waals surface area contributed by atoms with Gasteiger partial charge < -0.3 is 14.8 Å². The van der Waals surface area contributed by atoms with Gasteiger partial charge in [-0.2, -0.15) is 5.26 Å². The van der Waals surface area contributed by atoms with Gasteiger partial charge in [-0.05, 0) is 31.5 Å². The van der Waals surface area contributed by atoms with Crippen LogP contribution >= 0.6 is 11.6 Å². The van der Waals surface area contributed by atoms with Gasteiger partial charge >= 0.3 is 11.9 Å². The molecule has 0 saturated carbocycles. The molecule has 1 N–H and O–H groups in total. The molecule has 0 fully saturated rings. The minimum atomic E-state index is -0.748. The van der Waals surface area contributed by atoms with Crippen molar-refractivity contribution >= 4 is 23.5 Å². The second kappa shape index (κ2) is 8.50. The quantitative estimate of drug-likeness (QED) is 0.621. The summed E-state index contributed by atoms with van der Waals surface area (Å²) in [6.45, 7) is 3.48. The number of carbonyl (C=O) groups excluding carboxylic acids is 2. The smallest absolute Gasteiger partial charge is 0.336 e. The van der Waals surface area contributed by atoms with Gasteiger partial charge in [0.15, 0.2) is 0 Å². The van der Waals surface area contributed by atoms with Crippen molar-refractivity contribution in [2.75, 3.05) is 19.6 Å². The van der Waals surface area contributed by atoms with Crippen LogP contribution in [0, 0.1) is 11.3 Å². The standard InChI is InChI=1S/C18H18ClN3O4/c1-10-14(17(23)25-3)16(12-4-6-21-13(8-12)9-20)15(11(2)22-10)18(24)26-7-5-19/h4,6,8,16,22H,5,7H2,1-3H3. The second-order valence-corrected chi connectivity index (χ2v) is 5.92. The van der Waals surface area contributed by atoms with Crippen LogP contribution in [0.1, 0.15) is 31.0 Å². The Morgan fingerprint density at radius 1 is 1.31 bits per heavy atom. The van der Waals surface area contributed by atoms with Crippen molar-refractivity contribution in [2.24, 2.45) is 0 Å². The van der Waals surface area contributed by atoms with Crippen molar-refractivity contribution in [2.45, 2.75) is 19.8 Å². The first-order valence-electron chi connectivity index (χ1n) is 7.80. The molecule has 0 spiro atoms. The van der Waals surface area contributed by atoms with Crippen molar-refractivity contribution in [3.63, 3.8) is 0 Å². The summed E-state index contributed by atoms with van der Waals surface area (Å²) in [4.78, 5) is 29.0. The van der Waals surface area contributed by atoms with Crippen LogP contribution in [0.4, 0.5) is 0 Å². The van der Waals surface area contributed by atoms with E-state index in [4.69, 9.17) is 26.3 Å². The van der Waals surface area contributed by atoms with Crippen LogP contribution in [-0.2, 0) is 19.1 Å². The molecule has 1 atom stereocenters. The number of methoxy groups -OCH3 is 1. The molecule has 7 nitrogen and oxygen atoms in total. The molecular weight excluding hydrogens is 358 g/mol. The van der Waals surface area contributed by atoms with Crippen LogP contribution in [0.2, 0.25) is 0 Å². The number of esters is 2. The van der Waals surface area contributed by atoms with Crippen LogP contribution in [0.25, 0.3) is 0 Å². The van der Waals surface area contributed by atoms with E-state index in [1.807, 2.05) is 6.07 Å². The van der Waals surface area contributed by atoms with Crippen molar-refractivity contribution in [3.05, 3.63) is 52.1 Å². The lowest BCUT2D eigenvalue weighted by atomic mass is 9.80. The maximum Gasteiger partial charge on any atom is 0.336 e. The topological polar surface area (TPSA) is 101 Å². The van der Waals surface area contributed by atoms with E-state index in [2.05, 4.69) is 10.3 Å². The van der Waals surface area contributed by atoms with Gasteiger partial charge in [0.2, 0.25) is 0 Å². The highest BCUT2D eigenvalue weighted by Crippen LogP contribution is 2.39. The molecule has 0 aromatic carbocycles. The number of alkyl halides is 1. The number of ether oxygens (including phenoxy) is 2. The first-order valence-corrected chi connectivity index (χ1v) is 8.34. The van der Waals surface area contributed by atoms with E-state index in [1.165, 1.54) is 19.4 Å². The highest BCUT2D eigenvalue weighted by atomic mass is 35.5. The zero-order valence-electron chi connectivity index (χ0n) is 14.6. The third-order valence-corrected chi connectivity index (χ3v) is 4.08. The minimum absolute atomic E-state index is 0.0416. The molecule has 1 aliphatic heterocycles. The van der Waals surface area contributed by atoms with Crippen LogP contribution in [-0.4, -0.2) is 36.5 Å². The fraction of sp³-hybridized carbons (Fsp3) is 0.333. The summed E-state index contributed by atoms with van der Waals surface area (Å²) in [5.74, 6) is -1.76. The number of halogens is 1. The molecule has 1 unspecified atom stereocenters. The fourth-order valence-corrected chi connectivity index (χ4v) is 2.95. The SMILES string of the molecule is COC(=O)C1=C(C)NC(C)=C(C(=O)OCCCl)C1c1ccnc(C#N)c1. The Balaban J connectivity index is 2.64. The lowest BCUT2D eigenvalue weighted by Crippen LogP contribution is -2.32. The molecule has 1 aromatic rings. The molecule has 0 amide bonds. The molecule has 0 aliphatic carbocycles. The Bertz CT molecular complexity index is 839. The number of hydrogen-bond acceptors (Lipinski definition) is 7. The number of nitrogens with zero attached hydrogens (tertiary/aromatic N) is 2. The van der Waals surface area contributed by atoms with Crippen molar-refractivity contribution in [1.82, 2.24) is 10.3 Å². The van der Waals surface area contributed by atoms with Crippen molar-refractivity contribution in [1.29, 1.82) is 5.26 Å². The summed E-state index contributed by atoms with van der Waals surface area (Å²) in [5, 5.41) is 12.2. The first-order chi connectivity index (χ1) is 12.4. The maximum absolute atomic E-state index is 12.6. The number of pyridine rings is 1. The number of rotatable bonds is 5. The molecule has 2 rings (SSSR count). The Hall–Kier alpha value is -2.85. The molecule has 0 radical (unpaired) electrons. The van der Waals surface area contributed by atoms with E-state index in [9.17, 15) is 9.59 Å². The Morgan fingerprint density at radius 3 is 2.54 bits per heavy atom. The molecular formula is C18H18ClN3O4. The monoisotopic (exact) mass is 375 g/mol. The van der Waals surface area contributed by atoms with Gasteiger partial charge in [-0.25, -0.2) is 14.6 Å². The van der Waals surface area contributed by atoms with Gasteiger partial charge in [0.25, 0.3) is 0 Å². The summed E-state index contributed by atoms with van der Waals surface area (Å²) >= 11 is 5.60. The molecule has 8 heteroatoms. The predicted octanol–water partition coefficient (Wildman–Crippen LogP) is 2.14. The summed E-state index contributed by atoms with van der Waals surface area (Å²) < 4.78 is 10.1. The number of nitriles is 1. The van der Waals surface area contributed by atoms with Gasteiger partial charge in [-0.15, -0.1) is 11.6 Å². The molecule has 0 saturated heterocycles. The number of aromatic nitrogens is 1. The van der Waals surface area contributed by atoms with E-state index >= 15 is 0 Å². The van der Waals surface area contributed by atoms with E-state index in [0.29, 0.717) is 17.0 Å². The van der Waals surface area contributed by atoms with Gasteiger partial charge in [-0.1, -0.05) is 0 Å². The lowest BCUT2D eigenvalue weighted by molar-refractivity contribution is -0.139. The average molecular weight is 376 g/mol. The predicted molar refractivity (Wildman–Crippen MR) is 93.9 cm³/mol. The highest BCUT2D eigenvalue weighted by molar-refractivity contribution is 6.18. The molecule has 26 heavy (non-hydrogen) atoms. The van der Waals surface area contributed by atoms with Crippen LogP contribution in [0.3, 0.4) is 0 Å². The molecule has 1 aromatic heterocycles. The number of dihydropyridines is 1. The zero-order chi connectivity index (χ0) is 19.3. The van der Waals surface area contributed by atoms with E-state index < -0.39 is 17.9 Å². The number of hydrogen-bond donors (Lipinski definition) is 1. The van der Waals surface area contributed by atoms with Crippen LogP contribution in [0.5, 0.6) is 0 Å². The Kier molecular flexibility index (Phi) is 6.36. The van der Waals surface area contributed by atoms with E-state index in [1.54, 1.807) is 19.9 Å². The number of nitrogens with one attached hydrogen (secondary N) is 1. The Morgan fingerprint density at radius 2 is 1.96 bits per heavy atom. The van der Waals surface area contributed by atoms with Gasteiger partial charge in [0, 0.05) is 17.6 Å². The minimum Gasteiger partial charge on any atom is -0.466 e. The van der Waals surface area contributed by atoms with Gasteiger partial charge in [0.1, 0.15) is 18.4 Å². The second-order valence-electron chi connectivity index (χ2n) is 5.54. The summed E-state index contributed by atoms with van der Waals surface area (Å²) in [7, 11) is 1.27. The van der Waals surface area contributed by atoms with Gasteiger partial charge in [0.05, 0.1) is 30.1 Å². The van der Waals surface area contributed by atoms with E-state index in [0.717, 1.165) is 0 Å². The van der Waals surface area contributed by atoms with Crippen molar-refractivity contribution < 1.29 is 19.1 Å². The number of carbonyl (C=O) groups is 2. The fourth-order valence-electron chi connectivity index (χ4n) is 2.88. The molecule has 136 valence electrons. The molecule has 2 heterocycles. The lowest BCUT2D eigenvalue weighted by Gasteiger charge is -2.30. The zero-order valence-corrected chi connectivity index (χ0v) is 15.4. The van der Waals surface area contributed by atoms with Crippen molar-refractivity contribution in [3.8, 4) is 6.07 Å². The normalized spacial score (nSPS) is 16.7. The van der Waals surface area contributed by atoms with E-state index in [-0.39, 0.29) is 29.3 Å². The summed E-state index contributed by atoms with van der Waals surface area (Å²) in [5.41, 5.74) is 2.38. The van der Waals surface area contributed by atoms with Crippen LogP contribution < -0.4 is 5.32 Å². The molecule has 1 aliphatic rings. The van der Waals surface area contributed by atoms with Crippen LogP contribution in [0.15, 0.2) is 40.9 Å². The largest absolute Gasteiger partial charge is 0.466 e. The molecule has 0 bridgehead atoms. The third-order valence-electron chi connectivity index (χ3n) is 3.93. The maximum atomic E-state index is 12.6. The number of allylic oxidation sites excluding steroid dienone is 2.